The van der Waals surface area contributed by atoms with E-state index in [0.29, 0.717) is 31.3 Å². The number of carbonyl (C=O) groups excluding carboxylic acids is 1. The number of ether oxygens (including phenoxy) is 2. The van der Waals surface area contributed by atoms with Crippen LogP contribution in [0.2, 0.25) is 0 Å². The van der Waals surface area contributed by atoms with Gasteiger partial charge in [-0.1, -0.05) is 18.2 Å². The van der Waals surface area contributed by atoms with Crippen LogP contribution in [0.4, 0.5) is 4.39 Å². The number of halogens is 1. The van der Waals surface area contributed by atoms with E-state index in [1.54, 1.807) is 12.1 Å². The summed E-state index contributed by atoms with van der Waals surface area (Å²) in [5, 5.41) is 0. The van der Waals surface area contributed by atoms with Crippen molar-refractivity contribution in [3.63, 3.8) is 0 Å². The lowest BCUT2D eigenvalue weighted by Crippen LogP contribution is -2.43. The van der Waals surface area contributed by atoms with E-state index in [2.05, 4.69) is 0 Å². The van der Waals surface area contributed by atoms with Crippen molar-refractivity contribution in [2.75, 3.05) is 26.3 Å². The SMILES string of the molecule is O=C(C1CCCO1)N1CCC(CCOCc2ccccc2F)CC1. The zero-order chi connectivity index (χ0) is 16.8. The topological polar surface area (TPSA) is 38.8 Å². The van der Waals surface area contributed by atoms with Crippen LogP contribution < -0.4 is 0 Å². The largest absolute Gasteiger partial charge is 0.377 e. The second-order valence-corrected chi connectivity index (χ2v) is 6.70. The van der Waals surface area contributed by atoms with Crippen molar-refractivity contribution >= 4 is 5.91 Å². The molecule has 2 fully saturated rings. The number of nitrogens with zero attached hydrogens (tertiary/aromatic N) is 1. The minimum absolute atomic E-state index is 0.168. The highest BCUT2D eigenvalue weighted by Crippen LogP contribution is 2.23. The van der Waals surface area contributed by atoms with E-state index in [9.17, 15) is 9.18 Å². The van der Waals surface area contributed by atoms with Crippen LogP contribution in [0.1, 0.15) is 37.7 Å². The van der Waals surface area contributed by atoms with Gasteiger partial charge in [-0.05, 0) is 44.1 Å². The van der Waals surface area contributed by atoms with Gasteiger partial charge in [0.15, 0.2) is 0 Å². The third-order valence-corrected chi connectivity index (χ3v) is 5.02. The Morgan fingerprint density at radius 2 is 2.04 bits per heavy atom. The van der Waals surface area contributed by atoms with Gasteiger partial charge in [-0.2, -0.15) is 0 Å². The summed E-state index contributed by atoms with van der Waals surface area (Å²) in [6.45, 7) is 3.31. The van der Waals surface area contributed by atoms with Crippen LogP contribution >= 0.6 is 0 Å². The Kier molecular flexibility index (Phi) is 6.21. The molecule has 1 atom stereocenters. The monoisotopic (exact) mass is 335 g/mol. The highest BCUT2D eigenvalue weighted by molar-refractivity contribution is 5.81. The molecular weight excluding hydrogens is 309 g/mol. The lowest BCUT2D eigenvalue weighted by Gasteiger charge is -2.33. The first-order chi connectivity index (χ1) is 11.7. The summed E-state index contributed by atoms with van der Waals surface area (Å²) >= 11 is 0. The van der Waals surface area contributed by atoms with Crippen molar-refractivity contribution < 1.29 is 18.7 Å². The molecule has 0 spiro atoms. The molecule has 2 aliphatic rings. The van der Waals surface area contributed by atoms with E-state index >= 15 is 0 Å². The van der Waals surface area contributed by atoms with Gasteiger partial charge in [0.1, 0.15) is 11.9 Å². The second kappa shape index (κ2) is 8.58. The van der Waals surface area contributed by atoms with Crippen LogP contribution in [0.15, 0.2) is 24.3 Å². The molecule has 2 aliphatic heterocycles. The van der Waals surface area contributed by atoms with Crippen LogP contribution in [-0.4, -0.2) is 43.2 Å². The average molecular weight is 335 g/mol. The van der Waals surface area contributed by atoms with Crippen molar-refractivity contribution in [3.05, 3.63) is 35.6 Å². The Bertz CT molecular complexity index is 537. The van der Waals surface area contributed by atoms with E-state index < -0.39 is 0 Å². The first-order valence-electron chi connectivity index (χ1n) is 8.95. The van der Waals surface area contributed by atoms with Crippen LogP contribution in [0.3, 0.4) is 0 Å². The van der Waals surface area contributed by atoms with Gasteiger partial charge in [-0.3, -0.25) is 4.79 Å². The highest BCUT2D eigenvalue weighted by atomic mass is 19.1. The zero-order valence-corrected chi connectivity index (χ0v) is 14.1. The van der Waals surface area contributed by atoms with Gasteiger partial charge in [-0.25, -0.2) is 4.39 Å². The molecule has 1 amide bonds. The number of hydrogen-bond acceptors (Lipinski definition) is 3. The summed E-state index contributed by atoms with van der Waals surface area (Å²) in [5.74, 6) is 0.541. The van der Waals surface area contributed by atoms with Crippen molar-refractivity contribution in [2.24, 2.45) is 5.92 Å². The Morgan fingerprint density at radius 3 is 2.75 bits per heavy atom. The molecule has 0 bridgehead atoms. The Balaban J connectivity index is 1.32. The summed E-state index contributed by atoms with van der Waals surface area (Å²) in [7, 11) is 0. The molecule has 0 aromatic heterocycles. The van der Waals surface area contributed by atoms with Crippen LogP contribution in [0, 0.1) is 11.7 Å². The molecule has 4 nitrogen and oxygen atoms in total. The number of carbonyl (C=O) groups is 1. The Hall–Kier alpha value is -1.46. The Labute approximate surface area is 142 Å². The molecule has 1 aromatic carbocycles. The van der Waals surface area contributed by atoms with Crippen LogP contribution in [0.25, 0.3) is 0 Å². The van der Waals surface area contributed by atoms with Gasteiger partial charge in [0.2, 0.25) is 0 Å². The van der Waals surface area contributed by atoms with Gasteiger partial charge >= 0.3 is 0 Å². The number of rotatable bonds is 6. The molecule has 1 unspecified atom stereocenters. The normalized spacial score (nSPS) is 22.0. The standard InChI is InChI=1S/C19H26FNO3/c20-17-5-2-1-4-16(17)14-23-13-9-15-7-10-21(11-8-15)19(22)18-6-3-12-24-18/h1-2,4-5,15,18H,3,6-14H2. The molecule has 132 valence electrons. The van der Waals surface area contributed by atoms with Crippen molar-refractivity contribution in [1.82, 2.24) is 4.90 Å². The van der Waals surface area contributed by atoms with Gasteiger partial charge < -0.3 is 14.4 Å². The number of hydrogen-bond donors (Lipinski definition) is 0. The van der Waals surface area contributed by atoms with E-state index in [1.165, 1.54) is 6.07 Å². The summed E-state index contributed by atoms with van der Waals surface area (Å²) in [6, 6.07) is 6.72. The summed E-state index contributed by atoms with van der Waals surface area (Å²) < 4.78 is 24.6. The molecule has 0 aliphatic carbocycles. The van der Waals surface area contributed by atoms with Crippen LogP contribution in [-0.2, 0) is 20.9 Å². The van der Waals surface area contributed by atoms with Crippen molar-refractivity contribution in [1.29, 1.82) is 0 Å². The maximum absolute atomic E-state index is 13.5. The molecule has 24 heavy (non-hydrogen) atoms. The maximum atomic E-state index is 13.5. The number of piperidine rings is 1. The summed E-state index contributed by atoms with van der Waals surface area (Å²) in [5.41, 5.74) is 0.606. The second-order valence-electron chi connectivity index (χ2n) is 6.70. The molecule has 0 N–H and O–H groups in total. The lowest BCUT2D eigenvalue weighted by molar-refractivity contribution is -0.142. The highest BCUT2D eigenvalue weighted by Gasteiger charge is 2.30. The predicted molar refractivity (Wildman–Crippen MR) is 89.0 cm³/mol. The Morgan fingerprint density at radius 1 is 1.25 bits per heavy atom. The molecular formula is C19H26FNO3. The number of likely N-dealkylation sites (tertiary alicyclic amines) is 1. The zero-order valence-electron chi connectivity index (χ0n) is 14.1. The average Bonchev–Trinajstić information content (AvgIpc) is 3.15. The third kappa shape index (κ3) is 4.54. The van der Waals surface area contributed by atoms with E-state index in [4.69, 9.17) is 9.47 Å². The minimum Gasteiger partial charge on any atom is -0.377 e. The first kappa shape index (κ1) is 17.4. The molecule has 2 saturated heterocycles. The minimum atomic E-state index is -0.210. The molecule has 5 heteroatoms. The fourth-order valence-corrected chi connectivity index (χ4v) is 3.47. The maximum Gasteiger partial charge on any atom is 0.251 e. The predicted octanol–water partition coefficient (Wildman–Crippen LogP) is 3.15. The molecule has 2 heterocycles. The van der Waals surface area contributed by atoms with Gasteiger partial charge in [0.25, 0.3) is 5.91 Å². The fourth-order valence-electron chi connectivity index (χ4n) is 3.47. The molecule has 0 saturated carbocycles. The van der Waals surface area contributed by atoms with Gasteiger partial charge in [0.05, 0.1) is 6.61 Å². The van der Waals surface area contributed by atoms with Crippen molar-refractivity contribution in [3.8, 4) is 0 Å². The van der Waals surface area contributed by atoms with E-state index in [-0.39, 0.29) is 17.8 Å². The number of amides is 1. The van der Waals surface area contributed by atoms with Gasteiger partial charge in [-0.15, -0.1) is 0 Å². The van der Waals surface area contributed by atoms with Crippen molar-refractivity contribution in [2.45, 2.75) is 44.8 Å². The molecule has 1 aromatic rings. The lowest BCUT2D eigenvalue weighted by atomic mass is 9.93. The number of benzene rings is 1. The van der Waals surface area contributed by atoms with Crippen LogP contribution in [0.5, 0.6) is 0 Å². The fraction of sp³-hybridized carbons (Fsp3) is 0.632. The van der Waals surface area contributed by atoms with Gasteiger partial charge in [0, 0.05) is 31.9 Å². The molecule has 3 rings (SSSR count). The van der Waals surface area contributed by atoms with E-state index in [1.807, 2.05) is 11.0 Å². The third-order valence-electron chi connectivity index (χ3n) is 5.02. The first-order valence-corrected chi connectivity index (χ1v) is 8.95. The smallest absolute Gasteiger partial charge is 0.251 e. The van der Waals surface area contributed by atoms with E-state index in [0.717, 1.165) is 45.2 Å². The quantitative estimate of drug-likeness (QED) is 0.750. The summed E-state index contributed by atoms with van der Waals surface area (Å²) in [6.07, 6.45) is 4.65. The molecule has 0 radical (unpaired) electrons. The summed E-state index contributed by atoms with van der Waals surface area (Å²) in [4.78, 5) is 14.2.